The second-order valence-corrected chi connectivity index (χ2v) is 1.17. The van der Waals surface area contributed by atoms with Crippen LogP contribution in [0.1, 0.15) is 0 Å². The Balaban J connectivity index is 3.96. The van der Waals surface area contributed by atoms with Gasteiger partial charge in [0.25, 0.3) is 0 Å². The van der Waals surface area contributed by atoms with Crippen LogP contribution in [0, 0.1) is 0 Å². The number of Topliss-reactive ketones (excluding diaryl/α,β-unsaturated/α-hetero) is 1. The van der Waals surface area contributed by atoms with Gasteiger partial charge >= 0.3 is 17.7 Å². The van der Waals surface area contributed by atoms with Crippen molar-refractivity contribution in [1.82, 2.24) is 0 Å². The highest BCUT2D eigenvalue weighted by Gasteiger charge is 2.24. The summed E-state index contributed by atoms with van der Waals surface area (Å²) < 4.78 is 0. The Morgan fingerprint density at radius 1 is 1.30 bits per heavy atom. The van der Waals surface area contributed by atoms with E-state index in [1.54, 1.807) is 0 Å². The van der Waals surface area contributed by atoms with Crippen LogP contribution in [0.15, 0.2) is 0 Å². The predicted octanol–water partition coefficient (Wildman–Crippen LogP) is -1.26. The van der Waals surface area contributed by atoms with E-state index in [0.29, 0.717) is 0 Å². The molecule has 1 N–H and O–H groups in total. The van der Waals surface area contributed by atoms with E-state index in [0.717, 1.165) is 7.11 Å². The van der Waals surface area contributed by atoms with E-state index in [1.165, 1.54) is 0 Å². The van der Waals surface area contributed by atoms with Crippen molar-refractivity contribution in [3.8, 4) is 0 Å². The number of hydrogen-bond acceptors (Lipinski definition) is 5. The largest absolute Gasteiger partial charge is 0.475 e. The van der Waals surface area contributed by atoms with Crippen LogP contribution in [0.25, 0.3) is 0 Å². The van der Waals surface area contributed by atoms with Gasteiger partial charge in [-0.05, 0) is 0 Å². The van der Waals surface area contributed by atoms with Gasteiger partial charge in [0.1, 0.15) is 0 Å². The van der Waals surface area contributed by atoms with Gasteiger partial charge in [-0.1, -0.05) is 0 Å². The summed E-state index contributed by atoms with van der Waals surface area (Å²) in [4.78, 5) is 37.2. The molecule has 6 heteroatoms. The second-order valence-electron chi connectivity index (χ2n) is 1.17. The predicted molar refractivity (Wildman–Crippen MR) is 25.7 cm³/mol. The molecular formula is C4H4O6. The maximum Gasteiger partial charge on any atom is 0.420 e. The van der Waals surface area contributed by atoms with Gasteiger partial charge in [-0.2, -0.15) is 4.89 Å². The minimum absolute atomic E-state index is 0.979. The molecule has 0 aliphatic carbocycles. The molecule has 0 unspecified atom stereocenters. The topological polar surface area (TPSA) is 89.9 Å². The molecular weight excluding hydrogens is 144 g/mol. The molecule has 0 rings (SSSR count). The van der Waals surface area contributed by atoms with E-state index in [4.69, 9.17) is 5.11 Å². The maximum absolute atomic E-state index is 10.1. The van der Waals surface area contributed by atoms with Gasteiger partial charge in [0, 0.05) is 0 Å². The van der Waals surface area contributed by atoms with Crippen LogP contribution in [-0.2, 0) is 24.2 Å². The summed E-state index contributed by atoms with van der Waals surface area (Å²) in [5.74, 6) is -5.08. The summed E-state index contributed by atoms with van der Waals surface area (Å²) in [6.07, 6.45) is 0. The quantitative estimate of drug-likeness (QED) is 0.232. The molecule has 0 fully saturated rings. The fourth-order valence-electron chi connectivity index (χ4n) is 0.201. The Morgan fingerprint density at radius 3 is 2.10 bits per heavy atom. The summed E-state index contributed by atoms with van der Waals surface area (Å²) in [6, 6.07) is 0. The monoisotopic (exact) mass is 148 g/mol. The van der Waals surface area contributed by atoms with E-state index in [1.807, 2.05) is 0 Å². The van der Waals surface area contributed by atoms with Gasteiger partial charge in [-0.25, -0.2) is 9.59 Å². The number of carboxylic acid groups (broad SMARTS) is 1. The Hall–Kier alpha value is -1.43. The Labute approximate surface area is 55.3 Å². The number of carboxylic acids is 1. The summed E-state index contributed by atoms with van der Waals surface area (Å²) in [6.45, 7) is 0. The first-order chi connectivity index (χ1) is 4.59. The normalized spacial score (nSPS) is 8.50. The molecule has 0 atom stereocenters. The lowest BCUT2D eigenvalue weighted by molar-refractivity contribution is -0.252. The lowest BCUT2D eigenvalue weighted by Gasteiger charge is -1.92. The summed E-state index contributed by atoms with van der Waals surface area (Å²) in [5.41, 5.74) is 0. The van der Waals surface area contributed by atoms with Gasteiger partial charge in [0.15, 0.2) is 0 Å². The van der Waals surface area contributed by atoms with Crippen LogP contribution in [0.2, 0.25) is 0 Å². The standard InChI is InChI=1S/C4H4O6/c1-9-10-4(8)2(5)3(6)7/h1H3,(H,6,7). The fraction of sp³-hybridized carbons (Fsp3) is 0.250. The van der Waals surface area contributed by atoms with Gasteiger partial charge in [0.05, 0.1) is 7.11 Å². The van der Waals surface area contributed by atoms with Crippen molar-refractivity contribution in [1.29, 1.82) is 0 Å². The lowest BCUT2D eigenvalue weighted by atomic mass is 10.4. The summed E-state index contributed by atoms with van der Waals surface area (Å²) >= 11 is 0. The Morgan fingerprint density at radius 2 is 1.80 bits per heavy atom. The summed E-state index contributed by atoms with van der Waals surface area (Å²) in [5, 5.41) is 7.87. The van der Waals surface area contributed by atoms with Crippen LogP contribution < -0.4 is 0 Å². The first-order valence-corrected chi connectivity index (χ1v) is 2.12. The Bertz CT molecular complexity index is 171. The van der Waals surface area contributed by atoms with E-state index in [9.17, 15) is 14.4 Å². The molecule has 0 heterocycles. The lowest BCUT2D eigenvalue weighted by Crippen LogP contribution is -2.25. The average Bonchev–Trinajstić information content (AvgIpc) is 1.87. The van der Waals surface area contributed by atoms with Crippen molar-refractivity contribution in [2.75, 3.05) is 7.11 Å². The number of carbonyl (C=O) groups is 3. The van der Waals surface area contributed by atoms with E-state index in [-0.39, 0.29) is 0 Å². The van der Waals surface area contributed by atoms with Crippen LogP contribution in [-0.4, -0.2) is 29.9 Å². The third-order valence-electron chi connectivity index (χ3n) is 0.539. The van der Waals surface area contributed by atoms with Crippen LogP contribution in [0.5, 0.6) is 0 Å². The molecule has 0 aromatic rings. The molecule has 0 aromatic carbocycles. The molecule has 0 saturated heterocycles. The third-order valence-corrected chi connectivity index (χ3v) is 0.539. The van der Waals surface area contributed by atoms with Gasteiger partial charge < -0.3 is 5.11 Å². The average molecular weight is 148 g/mol. The summed E-state index contributed by atoms with van der Waals surface area (Å²) in [7, 11) is 0.979. The van der Waals surface area contributed by atoms with Crippen molar-refractivity contribution in [3.63, 3.8) is 0 Å². The smallest absolute Gasteiger partial charge is 0.420 e. The SMILES string of the molecule is COOC(=O)C(=O)C(=O)O. The van der Waals surface area contributed by atoms with Crippen LogP contribution in [0.3, 0.4) is 0 Å². The molecule has 0 radical (unpaired) electrons. The molecule has 10 heavy (non-hydrogen) atoms. The molecule has 6 nitrogen and oxygen atoms in total. The van der Waals surface area contributed by atoms with Crippen molar-refractivity contribution in [3.05, 3.63) is 0 Å². The van der Waals surface area contributed by atoms with E-state index >= 15 is 0 Å². The highest BCUT2D eigenvalue weighted by atomic mass is 17.2. The Kier molecular flexibility index (Phi) is 3.06. The van der Waals surface area contributed by atoms with Gasteiger partial charge in [0.2, 0.25) is 0 Å². The van der Waals surface area contributed by atoms with Crippen LogP contribution in [0.4, 0.5) is 0 Å². The second kappa shape index (κ2) is 3.57. The number of hydrogen-bond donors (Lipinski definition) is 1. The molecule has 56 valence electrons. The first-order valence-electron chi connectivity index (χ1n) is 2.12. The molecule has 0 bridgehead atoms. The number of ketones is 1. The zero-order valence-corrected chi connectivity index (χ0v) is 4.99. The van der Waals surface area contributed by atoms with E-state index in [2.05, 4.69) is 9.78 Å². The highest BCUT2D eigenvalue weighted by Crippen LogP contribution is 1.80. The number of rotatable bonds is 3. The van der Waals surface area contributed by atoms with Gasteiger partial charge in [-0.15, -0.1) is 0 Å². The van der Waals surface area contributed by atoms with Crippen molar-refractivity contribution in [2.45, 2.75) is 0 Å². The molecule has 0 spiro atoms. The first kappa shape index (κ1) is 8.57. The minimum atomic E-state index is -1.87. The van der Waals surface area contributed by atoms with Crippen molar-refractivity contribution >= 4 is 17.7 Å². The van der Waals surface area contributed by atoms with Gasteiger partial charge in [-0.3, -0.25) is 9.68 Å². The molecule has 0 aromatic heterocycles. The molecule has 0 aliphatic rings. The zero-order chi connectivity index (χ0) is 8.15. The number of aliphatic carboxylic acids is 1. The van der Waals surface area contributed by atoms with Crippen LogP contribution >= 0.6 is 0 Å². The maximum atomic E-state index is 10.1. The highest BCUT2D eigenvalue weighted by molar-refractivity contribution is 6.59. The molecule has 0 aliphatic heterocycles. The van der Waals surface area contributed by atoms with E-state index < -0.39 is 17.7 Å². The third kappa shape index (κ3) is 2.23. The van der Waals surface area contributed by atoms with Crippen molar-refractivity contribution < 1.29 is 29.3 Å². The van der Waals surface area contributed by atoms with Crippen molar-refractivity contribution in [2.24, 2.45) is 0 Å². The zero-order valence-electron chi connectivity index (χ0n) is 4.99. The molecule has 0 amide bonds. The minimum Gasteiger partial charge on any atom is -0.475 e. The molecule has 0 saturated carbocycles. The number of carbonyl (C=O) groups excluding carboxylic acids is 2. The fourth-order valence-corrected chi connectivity index (χ4v) is 0.201.